The largest absolute Gasteiger partial charge is 0.391 e. The Balaban J connectivity index is 2.23. The van der Waals surface area contributed by atoms with Crippen molar-refractivity contribution in [2.45, 2.75) is 44.8 Å². The number of anilines is 1. The predicted molar refractivity (Wildman–Crippen MR) is 81.1 cm³/mol. The van der Waals surface area contributed by atoms with Crippen LogP contribution >= 0.6 is 0 Å². The van der Waals surface area contributed by atoms with Gasteiger partial charge in [-0.3, -0.25) is 4.79 Å². The number of benzene rings is 1. The van der Waals surface area contributed by atoms with Gasteiger partial charge in [0.05, 0.1) is 17.7 Å². The normalized spacial score (nSPS) is 22.4. The number of hydrogen-bond donors (Lipinski definition) is 2. The fourth-order valence-corrected chi connectivity index (χ4v) is 2.94. The van der Waals surface area contributed by atoms with Crippen LogP contribution in [-0.2, 0) is 0 Å². The van der Waals surface area contributed by atoms with E-state index in [-0.39, 0.29) is 11.9 Å². The Morgan fingerprint density at radius 3 is 2.70 bits per heavy atom. The first-order chi connectivity index (χ1) is 9.54. The number of nitrogens with one attached hydrogen (secondary N) is 1. The lowest BCUT2D eigenvalue weighted by Gasteiger charge is -2.35. The van der Waals surface area contributed by atoms with Gasteiger partial charge in [0.2, 0.25) is 0 Å². The van der Waals surface area contributed by atoms with E-state index >= 15 is 0 Å². The summed E-state index contributed by atoms with van der Waals surface area (Å²) in [5.74, 6) is -0.0241. The molecule has 4 nitrogen and oxygen atoms in total. The molecule has 1 aliphatic rings. The van der Waals surface area contributed by atoms with E-state index in [1.54, 1.807) is 11.9 Å². The van der Waals surface area contributed by atoms with Gasteiger partial charge in [-0.1, -0.05) is 24.5 Å². The molecule has 20 heavy (non-hydrogen) atoms. The zero-order chi connectivity index (χ0) is 14.7. The van der Waals surface area contributed by atoms with Crippen LogP contribution in [0.5, 0.6) is 0 Å². The molecule has 1 saturated carbocycles. The molecular formula is C16H24N2O2. The van der Waals surface area contributed by atoms with Gasteiger partial charge in [0.15, 0.2) is 0 Å². The Bertz CT molecular complexity index is 487. The van der Waals surface area contributed by atoms with E-state index < -0.39 is 6.10 Å². The third-order valence-electron chi connectivity index (χ3n) is 4.19. The van der Waals surface area contributed by atoms with Crippen molar-refractivity contribution in [2.75, 3.05) is 19.4 Å². The molecule has 0 radical (unpaired) electrons. The number of carbonyl (C=O) groups is 1. The molecule has 1 fully saturated rings. The molecule has 2 rings (SSSR count). The Hall–Kier alpha value is -1.55. The van der Waals surface area contributed by atoms with Gasteiger partial charge >= 0.3 is 0 Å². The van der Waals surface area contributed by atoms with E-state index in [1.807, 2.05) is 32.2 Å². The Kier molecular flexibility index (Phi) is 4.65. The molecule has 2 unspecified atom stereocenters. The van der Waals surface area contributed by atoms with E-state index in [4.69, 9.17) is 0 Å². The number of carbonyl (C=O) groups excluding carboxylic acids is 1. The Morgan fingerprint density at radius 1 is 1.35 bits per heavy atom. The number of hydrogen-bond acceptors (Lipinski definition) is 3. The first kappa shape index (κ1) is 14.9. The molecule has 2 atom stereocenters. The smallest absolute Gasteiger partial charge is 0.256 e. The summed E-state index contributed by atoms with van der Waals surface area (Å²) >= 11 is 0. The molecule has 0 bridgehead atoms. The summed E-state index contributed by atoms with van der Waals surface area (Å²) in [7, 11) is 3.61. The molecule has 1 aromatic rings. The summed E-state index contributed by atoms with van der Waals surface area (Å²) in [6.45, 7) is 1.98. The number of likely N-dealkylation sites (N-methyl/N-ethyl adjacent to an activating group) is 1. The topological polar surface area (TPSA) is 52.6 Å². The van der Waals surface area contributed by atoms with Crippen molar-refractivity contribution in [3.05, 3.63) is 29.3 Å². The van der Waals surface area contributed by atoms with E-state index in [0.717, 1.165) is 36.9 Å². The number of amides is 1. The second-order valence-corrected chi connectivity index (χ2v) is 5.63. The van der Waals surface area contributed by atoms with Gasteiger partial charge in [0.25, 0.3) is 5.91 Å². The van der Waals surface area contributed by atoms with Crippen LogP contribution in [0.15, 0.2) is 18.2 Å². The van der Waals surface area contributed by atoms with E-state index in [1.165, 1.54) is 0 Å². The number of aliphatic hydroxyl groups excluding tert-OH is 1. The summed E-state index contributed by atoms with van der Waals surface area (Å²) in [5.41, 5.74) is 2.57. The third kappa shape index (κ3) is 2.96. The second-order valence-electron chi connectivity index (χ2n) is 5.63. The van der Waals surface area contributed by atoms with Gasteiger partial charge in [-0.25, -0.2) is 0 Å². The first-order valence-electron chi connectivity index (χ1n) is 7.28. The van der Waals surface area contributed by atoms with Crippen molar-refractivity contribution < 1.29 is 9.90 Å². The zero-order valence-corrected chi connectivity index (χ0v) is 12.5. The van der Waals surface area contributed by atoms with Crippen LogP contribution in [0.3, 0.4) is 0 Å². The quantitative estimate of drug-likeness (QED) is 0.891. The minimum atomic E-state index is -0.402. The van der Waals surface area contributed by atoms with Gasteiger partial charge in [-0.15, -0.1) is 0 Å². The standard InChI is InChI=1S/C16H24N2O2/c1-11-8-9-13(17-2)12(10-11)16(20)18(3)14-6-4-5-7-15(14)19/h8-10,14-15,17,19H,4-7H2,1-3H3. The SMILES string of the molecule is CNc1ccc(C)cc1C(=O)N(C)C1CCCCC1O. The Labute approximate surface area is 120 Å². The molecule has 2 N–H and O–H groups in total. The number of nitrogens with zero attached hydrogens (tertiary/aromatic N) is 1. The van der Waals surface area contributed by atoms with E-state index in [2.05, 4.69) is 5.32 Å². The lowest BCUT2D eigenvalue weighted by Crippen LogP contribution is -2.46. The summed E-state index contributed by atoms with van der Waals surface area (Å²) in [6, 6.07) is 5.74. The van der Waals surface area contributed by atoms with Crippen molar-refractivity contribution in [1.29, 1.82) is 0 Å². The zero-order valence-electron chi connectivity index (χ0n) is 12.5. The summed E-state index contributed by atoms with van der Waals surface area (Å²) < 4.78 is 0. The summed E-state index contributed by atoms with van der Waals surface area (Å²) in [5, 5.41) is 13.2. The molecule has 110 valence electrons. The Morgan fingerprint density at radius 2 is 2.05 bits per heavy atom. The average molecular weight is 276 g/mol. The molecule has 0 spiro atoms. The predicted octanol–water partition coefficient (Wildman–Crippen LogP) is 2.41. The minimum Gasteiger partial charge on any atom is -0.391 e. The van der Waals surface area contributed by atoms with Crippen LogP contribution in [0.2, 0.25) is 0 Å². The summed E-state index contributed by atoms with van der Waals surface area (Å²) in [6.07, 6.45) is 3.39. The highest BCUT2D eigenvalue weighted by atomic mass is 16.3. The van der Waals surface area contributed by atoms with Gasteiger partial charge in [0, 0.05) is 19.8 Å². The van der Waals surface area contributed by atoms with Crippen LogP contribution in [0.25, 0.3) is 0 Å². The summed E-state index contributed by atoms with van der Waals surface area (Å²) in [4.78, 5) is 14.4. The number of aliphatic hydroxyl groups is 1. The first-order valence-corrected chi connectivity index (χ1v) is 7.28. The van der Waals surface area contributed by atoms with Gasteiger partial charge in [0.1, 0.15) is 0 Å². The van der Waals surface area contributed by atoms with Crippen LogP contribution in [0, 0.1) is 6.92 Å². The third-order valence-corrected chi connectivity index (χ3v) is 4.19. The molecule has 1 aromatic carbocycles. The lowest BCUT2D eigenvalue weighted by atomic mass is 9.91. The second kappa shape index (κ2) is 6.27. The van der Waals surface area contributed by atoms with Crippen molar-refractivity contribution in [3.8, 4) is 0 Å². The van der Waals surface area contributed by atoms with Crippen molar-refractivity contribution >= 4 is 11.6 Å². The minimum absolute atomic E-state index is 0.0241. The molecule has 0 heterocycles. The number of rotatable bonds is 3. The lowest BCUT2D eigenvalue weighted by molar-refractivity contribution is 0.0268. The van der Waals surface area contributed by atoms with Gasteiger partial charge < -0.3 is 15.3 Å². The highest BCUT2D eigenvalue weighted by Gasteiger charge is 2.30. The maximum Gasteiger partial charge on any atom is 0.256 e. The van der Waals surface area contributed by atoms with Crippen LogP contribution in [-0.4, -0.2) is 42.2 Å². The van der Waals surface area contributed by atoms with Crippen LogP contribution < -0.4 is 5.32 Å². The molecule has 1 amide bonds. The van der Waals surface area contributed by atoms with Crippen molar-refractivity contribution in [3.63, 3.8) is 0 Å². The number of aryl methyl sites for hydroxylation is 1. The maximum atomic E-state index is 12.7. The molecular weight excluding hydrogens is 252 g/mol. The van der Waals surface area contributed by atoms with E-state index in [0.29, 0.717) is 5.56 Å². The molecule has 0 aromatic heterocycles. The van der Waals surface area contributed by atoms with Gasteiger partial charge in [-0.2, -0.15) is 0 Å². The van der Waals surface area contributed by atoms with Crippen LogP contribution in [0.4, 0.5) is 5.69 Å². The fourth-order valence-electron chi connectivity index (χ4n) is 2.94. The van der Waals surface area contributed by atoms with E-state index in [9.17, 15) is 9.90 Å². The monoisotopic (exact) mass is 276 g/mol. The average Bonchev–Trinajstić information content (AvgIpc) is 2.46. The highest BCUT2D eigenvalue weighted by molar-refractivity contribution is 5.99. The fraction of sp³-hybridized carbons (Fsp3) is 0.562. The van der Waals surface area contributed by atoms with Gasteiger partial charge in [-0.05, 0) is 31.9 Å². The maximum absolute atomic E-state index is 12.7. The molecule has 0 saturated heterocycles. The van der Waals surface area contributed by atoms with Crippen molar-refractivity contribution in [2.24, 2.45) is 0 Å². The molecule has 4 heteroatoms. The molecule has 1 aliphatic carbocycles. The van der Waals surface area contributed by atoms with Crippen LogP contribution in [0.1, 0.15) is 41.6 Å². The molecule has 0 aliphatic heterocycles. The van der Waals surface area contributed by atoms with Crippen molar-refractivity contribution in [1.82, 2.24) is 4.90 Å². The highest BCUT2D eigenvalue weighted by Crippen LogP contribution is 2.25.